The summed E-state index contributed by atoms with van der Waals surface area (Å²) in [6.45, 7) is 2.70. The zero-order valence-corrected chi connectivity index (χ0v) is 20.7. The molecule has 0 radical (unpaired) electrons. The van der Waals surface area contributed by atoms with Crippen LogP contribution < -0.4 is 4.74 Å². The fourth-order valence-electron chi connectivity index (χ4n) is 3.88. The molecule has 176 valence electrons. The fourth-order valence-corrected chi connectivity index (χ4v) is 4.68. The van der Waals surface area contributed by atoms with Crippen LogP contribution in [0.3, 0.4) is 0 Å². The van der Waals surface area contributed by atoms with Crippen LogP contribution in [0.4, 0.5) is 0 Å². The minimum Gasteiger partial charge on any atom is -0.494 e. The lowest BCUT2D eigenvalue weighted by atomic mass is 10.1. The van der Waals surface area contributed by atoms with Crippen LogP contribution in [0.2, 0.25) is 15.2 Å². The van der Waals surface area contributed by atoms with E-state index in [4.69, 9.17) is 44.1 Å². The molecule has 2 heterocycles. The molecule has 0 spiro atoms. The summed E-state index contributed by atoms with van der Waals surface area (Å²) in [6, 6.07) is 20.0. The van der Waals surface area contributed by atoms with Crippen molar-refractivity contribution in [3.63, 3.8) is 0 Å². The van der Waals surface area contributed by atoms with Gasteiger partial charge in [0.15, 0.2) is 0 Å². The summed E-state index contributed by atoms with van der Waals surface area (Å²) in [6.07, 6.45) is 0. The molecule has 5 rings (SSSR count). The SMILES string of the molecule is CCOc1ccc2c(c1)c(C(=O)c1noc(-c3ccccc3)n1)c(Cl)n2Cc1ccc(Cl)cc1Cl. The van der Waals surface area contributed by atoms with Gasteiger partial charge in [0.2, 0.25) is 11.6 Å². The Balaban J connectivity index is 1.62. The summed E-state index contributed by atoms with van der Waals surface area (Å²) in [5.74, 6) is 0.318. The Hall–Kier alpha value is -3.32. The molecule has 9 heteroatoms. The van der Waals surface area contributed by atoms with E-state index in [0.29, 0.717) is 39.9 Å². The normalized spacial score (nSPS) is 11.2. The first-order valence-corrected chi connectivity index (χ1v) is 11.9. The summed E-state index contributed by atoms with van der Waals surface area (Å²) in [5.41, 5.74) is 2.51. The van der Waals surface area contributed by atoms with Crippen LogP contribution >= 0.6 is 34.8 Å². The quantitative estimate of drug-likeness (QED) is 0.208. The monoisotopic (exact) mass is 525 g/mol. The van der Waals surface area contributed by atoms with Gasteiger partial charge in [-0.05, 0) is 55.0 Å². The molecule has 0 atom stereocenters. The number of nitrogens with zero attached hydrogens (tertiary/aromatic N) is 3. The third-order valence-corrected chi connectivity index (χ3v) is 6.48. The second-order valence-corrected chi connectivity index (χ2v) is 8.92. The van der Waals surface area contributed by atoms with E-state index in [-0.39, 0.29) is 22.4 Å². The van der Waals surface area contributed by atoms with Crippen LogP contribution in [-0.2, 0) is 6.54 Å². The standard InChI is InChI=1S/C26H18Cl3N3O3/c1-2-34-18-10-11-21-19(13-18)22(24(29)32(21)14-16-8-9-17(27)12-20(16)28)23(33)25-30-26(35-31-25)15-6-4-3-5-7-15/h3-13H,2,14H2,1H3. The fraction of sp³-hybridized carbons (Fsp3) is 0.115. The highest BCUT2D eigenvalue weighted by atomic mass is 35.5. The number of hydrogen-bond acceptors (Lipinski definition) is 5. The van der Waals surface area contributed by atoms with E-state index in [1.807, 2.05) is 60.0 Å². The lowest BCUT2D eigenvalue weighted by Crippen LogP contribution is -2.06. The molecule has 2 aromatic heterocycles. The van der Waals surface area contributed by atoms with E-state index in [9.17, 15) is 4.79 Å². The van der Waals surface area contributed by atoms with E-state index < -0.39 is 5.78 Å². The van der Waals surface area contributed by atoms with Gasteiger partial charge in [0.1, 0.15) is 10.9 Å². The van der Waals surface area contributed by atoms with Gasteiger partial charge in [0.05, 0.1) is 24.2 Å². The van der Waals surface area contributed by atoms with Crippen LogP contribution in [0.5, 0.6) is 5.75 Å². The number of halogens is 3. The molecule has 0 aliphatic heterocycles. The predicted molar refractivity (Wildman–Crippen MR) is 137 cm³/mol. The zero-order chi connectivity index (χ0) is 24.5. The van der Waals surface area contributed by atoms with Crippen molar-refractivity contribution in [1.82, 2.24) is 14.7 Å². The van der Waals surface area contributed by atoms with Crippen molar-refractivity contribution in [1.29, 1.82) is 0 Å². The van der Waals surface area contributed by atoms with Crippen molar-refractivity contribution in [2.45, 2.75) is 13.5 Å². The number of ketones is 1. The van der Waals surface area contributed by atoms with Gasteiger partial charge in [-0.1, -0.05) is 64.2 Å². The molecule has 0 N–H and O–H groups in total. The molecule has 35 heavy (non-hydrogen) atoms. The zero-order valence-electron chi connectivity index (χ0n) is 18.5. The minimum absolute atomic E-state index is 0.0869. The number of carbonyl (C=O) groups excluding carboxylic acids is 1. The number of aromatic nitrogens is 3. The first-order valence-electron chi connectivity index (χ1n) is 10.8. The number of fused-ring (bicyclic) bond motifs is 1. The molecule has 0 aliphatic carbocycles. The van der Waals surface area contributed by atoms with Crippen LogP contribution in [0, 0.1) is 0 Å². The first kappa shape index (κ1) is 23.4. The summed E-state index contributed by atoms with van der Waals surface area (Å²) >= 11 is 19.3. The van der Waals surface area contributed by atoms with Crippen LogP contribution in [0.15, 0.2) is 71.3 Å². The molecular formula is C26H18Cl3N3O3. The van der Waals surface area contributed by atoms with Crippen molar-refractivity contribution >= 4 is 51.5 Å². The number of carbonyl (C=O) groups is 1. The maximum atomic E-state index is 13.6. The molecular weight excluding hydrogens is 509 g/mol. The van der Waals surface area contributed by atoms with Crippen LogP contribution in [-0.4, -0.2) is 27.1 Å². The molecule has 0 saturated heterocycles. The highest BCUT2D eigenvalue weighted by molar-refractivity contribution is 6.37. The van der Waals surface area contributed by atoms with Gasteiger partial charge in [-0.15, -0.1) is 0 Å². The van der Waals surface area contributed by atoms with Gasteiger partial charge in [-0.25, -0.2) is 0 Å². The summed E-state index contributed by atoms with van der Waals surface area (Å²) in [4.78, 5) is 17.9. The van der Waals surface area contributed by atoms with E-state index >= 15 is 0 Å². The molecule has 0 fully saturated rings. The van der Waals surface area contributed by atoms with E-state index in [2.05, 4.69) is 10.1 Å². The van der Waals surface area contributed by atoms with Crippen molar-refractivity contribution in [3.05, 3.63) is 98.9 Å². The Morgan fingerprint density at radius 2 is 1.83 bits per heavy atom. The highest BCUT2D eigenvalue weighted by Gasteiger charge is 2.27. The molecule has 0 aliphatic rings. The summed E-state index contributed by atoms with van der Waals surface area (Å²) < 4.78 is 12.8. The highest BCUT2D eigenvalue weighted by Crippen LogP contribution is 2.36. The predicted octanol–water partition coefficient (Wildman–Crippen LogP) is 7.33. The summed E-state index contributed by atoms with van der Waals surface area (Å²) in [5, 5.41) is 5.80. The lowest BCUT2D eigenvalue weighted by molar-refractivity contribution is 0.102. The van der Waals surface area contributed by atoms with Crippen molar-refractivity contribution in [2.75, 3.05) is 6.61 Å². The van der Waals surface area contributed by atoms with Gasteiger partial charge >= 0.3 is 0 Å². The first-order chi connectivity index (χ1) is 17.0. The Bertz CT molecular complexity index is 1540. The van der Waals surface area contributed by atoms with Gasteiger partial charge in [0, 0.05) is 21.0 Å². The van der Waals surface area contributed by atoms with Gasteiger partial charge in [0.25, 0.3) is 5.89 Å². The third kappa shape index (κ3) is 4.52. The molecule has 0 amide bonds. The number of rotatable bonds is 7. The average molecular weight is 527 g/mol. The maximum Gasteiger partial charge on any atom is 0.258 e. The number of hydrogen-bond donors (Lipinski definition) is 0. The lowest BCUT2D eigenvalue weighted by Gasteiger charge is -2.10. The van der Waals surface area contributed by atoms with Crippen molar-refractivity contribution in [3.8, 4) is 17.2 Å². The Kier molecular flexibility index (Phi) is 6.52. The molecule has 0 saturated carbocycles. The average Bonchev–Trinajstić information content (AvgIpc) is 3.45. The van der Waals surface area contributed by atoms with Crippen molar-refractivity contribution in [2.24, 2.45) is 0 Å². The molecule has 6 nitrogen and oxygen atoms in total. The van der Waals surface area contributed by atoms with E-state index in [1.165, 1.54) is 0 Å². The Morgan fingerprint density at radius 1 is 1.03 bits per heavy atom. The van der Waals surface area contributed by atoms with Crippen LogP contribution in [0.25, 0.3) is 22.4 Å². The third-order valence-electron chi connectivity index (χ3n) is 5.50. The second kappa shape index (κ2) is 9.74. The Morgan fingerprint density at radius 3 is 2.57 bits per heavy atom. The minimum atomic E-state index is -0.458. The molecule has 3 aromatic carbocycles. The summed E-state index contributed by atoms with van der Waals surface area (Å²) in [7, 11) is 0. The van der Waals surface area contributed by atoms with E-state index in [1.54, 1.807) is 18.2 Å². The van der Waals surface area contributed by atoms with Crippen LogP contribution in [0.1, 0.15) is 28.7 Å². The number of benzene rings is 3. The molecule has 5 aromatic rings. The topological polar surface area (TPSA) is 70.2 Å². The molecule has 0 bridgehead atoms. The van der Waals surface area contributed by atoms with Gasteiger partial charge in [-0.3, -0.25) is 4.79 Å². The number of ether oxygens (including phenoxy) is 1. The van der Waals surface area contributed by atoms with Crippen molar-refractivity contribution < 1.29 is 14.1 Å². The van der Waals surface area contributed by atoms with Gasteiger partial charge < -0.3 is 13.8 Å². The second-order valence-electron chi connectivity index (χ2n) is 7.72. The largest absolute Gasteiger partial charge is 0.494 e. The molecule has 0 unspecified atom stereocenters. The van der Waals surface area contributed by atoms with E-state index in [0.717, 1.165) is 11.1 Å². The smallest absolute Gasteiger partial charge is 0.258 e. The Labute approximate surface area is 216 Å². The van der Waals surface area contributed by atoms with Gasteiger partial charge in [-0.2, -0.15) is 4.98 Å². The maximum absolute atomic E-state index is 13.6.